The van der Waals surface area contributed by atoms with Gasteiger partial charge >= 0.3 is 0 Å². The monoisotopic (exact) mass is 480 g/mol. The molecule has 0 radical (unpaired) electrons. The molecule has 0 heterocycles. The maximum absolute atomic E-state index is 11.9. The molecular weight excluding hydrogens is 472 g/mol. The Labute approximate surface area is 111 Å². The van der Waals surface area contributed by atoms with Crippen LogP contribution in [-0.4, -0.2) is 0 Å². The predicted octanol–water partition coefficient (Wildman–Crippen LogP) is 3.68. The first-order valence-corrected chi connectivity index (χ1v) is 2.10. The number of benzene rings is 1. The third-order valence-electron chi connectivity index (χ3n) is 0.733. The molecule has 0 fully saturated rings. The first kappa shape index (κ1) is 17.4. The van der Waals surface area contributed by atoms with Gasteiger partial charge in [0.1, 0.15) is 5.82 Å². The van der Waals surface area contributed by atoms with Gasteiger partial charge in [0.2, 0.25) is 0 Å². The highest BCUT2D eigenvalue weighted by Crippen LogP contribution is 1.91. The summed E-state index contributed by atoms with van der Waals surface area (Å²) in [4.78, 5) is 0. The van der Waals surface area contributed by atoms with Gasteiger partial charge in [0.05, 0.1) is 0 Å². The predicted molar refractivity (Wildman–Crippen MR) is 72.6 cm³/mol. The van der Waals surface area contributed by atoms with E-state index in [0.29, 0.717) is 0 Å². The van der Waals surface area contributed by atoms with Crippen molar-refractivity contribution in [2.24, 2.45) is 0 Å². The van der Waals surface area contributed by atoms with Crippen molar-refractivity contribution in [2.45, 2.75) is 0 Å². The van der Waals surface area contributed by atoms with E-state index in [-0.39, 0.29) is 77.7 Å². The van der Waals surface area contributed by atoms with Crippen LogP contribution in [0, 0.1) is 5.82 Å². The van der Waals surface area contributed by atoms with Crippen LogP contribution in [0.15, 0.2) is 30.3 Å². The summed E-state index contributed by atoms with van der Waals surface area (Å²) in [6, 6.07) is 7.94. The van der Waals surface area contributed by atoms with Gasteiger partial charge in [0, 0.05) is 0 Å². The van der Waals surface area contributed by atoms with Crippen LogP contribution in [0.2, 0.25) is 0 Å². The number of halogens is 4. The second-order valence-electron chi connectivity index (χ2n) is 1.30. The zero-order valence-electron chi connectivity index (χ0n) is 4.99. The number of hydrogen-bond acceptors (Lipinski definition) is 0. The maximum Gasteiger partial charge on any atom is 0.123 e. The van der Waals surface area contributed by atoms with Crippen molar-refractivity contribution in [3.05, 3.63) is 36.1 Å². The summed E-state index contributed by atoms with van der Waals surface area (Å²) in [5, 5.41) is 0. The van der Waals surface area contributed by atoms with Crippen molar-refractivity contribution in [1.29, 1.82) is 0 Å². The lowest BCUT2D eigenvalue weighted by Crippen LogP contribution is -1.63. The molecule has 0 N–H and O–H groups in total. The van der Waals surface area contributed by atoms with Gasteiger partial charge < -0.3 is 0 Å². The fourth-order valence-corrected chi connectivity index (χ4v) is 0.415. The third-order valence-corrected chi connectivity index (χ3v) is 0.733. The van der Waals surface area contributed by atoms with Crippen LogP contribution in [0.3, 0.4) is 0 Å². The van der Waals surface area contributed by atoms with Gasteiger partial charge in [-0.2, -0.15) is 0 Å². The Morgan fingerprint density at radius 1 is 0.800 bits per heavy atom. The normalized spacial score (nSPS) is 6.10. The number of rotatable bonds is 0. The van der Waals surface area contributed by atoms with E-state index in [4.69, 9.17) is 0 Å². The summed E-state index contributed by atoms with van der Waals surface area (Å²) in [6.45, 7) is 0. The van der Waals surface area contributed by atoms with Gasteiger partial charge in [0.25, 0.3) is 0 Å². The minimum atomic E-state index is -0.178. The average molecular weight is 480 g/mol. The Morgan fingerprint density at radius 3 is 1.40 bits per heavy atom. The standard InChI is InChI=1S/C6H5F.3HI/c7-6-4-2-1-3-5-6;;;/h1-5H;3*1H. The van der Waals surface area contributed by atoms with E-state index in [1.807, 2.05) is 0 Å². The highest BCUT2D eigenvalue weighted by molar-refractivity contribution is 14.0. The van der Waals surface area contributed by atoms with Gasteiger partial charge in [-0.05, 0) is 12.1 Å². The first-order valence-electron chi connectivity index (χ1n) is 2.10. The van der Waals surface area contributed by atoms with Crippen molar-refractivity contribution in [3.8, 4) is 0 Å². The Balaban J connectivity index is -0.000000163. The van der Waals surface area contributed by atoms with E-state index < -0.39 is 0 Å². The molecule has 0 saturated carbocycles. The van der Waals surface area contributed by atoms with Gasteiger partial charge in [-0.15, -0.1) is 71.9 Å². The molecule has 0 unspecified atom stereocenters. The fourth-order valence-electron chi connectivity index (χ4n) is 0.415. The van der Waals surface area contributed by atoms with Crippen LogP contribution < -0.4 is 0 Å². The molecule has 0 atom stereocenters. The van der Waals surface area contributed by atoms with Crippen molar-refractivity contribution >= 4 is 71.9 Å². The molecular formula is C6H8FI3. The van der Waals surface area contributed by atoms with Crippen LogP contribution >= 0.6 is 71.9 Å². The number of hydrogen-bond donors (Lipinski definition) is 0. The van der Waals surface area contributed by atoms with Crippen molar-refractivity contribution in [1.82, 2.24) is 0 Å². The zero-order chi connectivity index (χ0) is 5.11. The topological polar surface area (TPSA) is 0 Å². The largest absolute Gasteiger partial charge is 0.207 e. The molecule has 0 amide bonds. The second kappa shape index (κ2) is 10.3. The van der Waals surface area contributed by atoms with E-state index in [0.717, 1.165) is 0 Å². The van der Waals surface area contributed by atoms with Crippen molar-refractivity contribution < 1.29 is 4.39 Å². The summed E-state index contributed by atoms with van der Waals surface area (Å²) < 4.78 is 11.9. The zero-order valence-corrected chi connectivity index (χ0v) is 12.0. The van der Waals surface area contributed by atoms with Crippen LogP contribution in [0.25, 0.3) is 0 Å². The molecule has 1 aromatic rings. The molecule has 60 valence electrons. The molecule has 0 nitrogen and oxygen atoms in total. The molecule has 0 saturated heterocycles. The summed E-state index contributed by atoms with van der Waals surface area (Å²) in [7, 11) is 0. The molecule has 0 aliphatic rings. The molecule has 0 aromatic heterocycles. The van der Waals surface area contributed by atoms with E-state index in [1.54, 1.807) is 18.2 Å². The summed E-state index contributed by atoms with van der Waals surface area (Å²) >= 11 is 0. The quantitative estimate of drug-likeness (QED) is 0.498. The van der Waals surface area contributed by atoms with E-state index >= 15 is 0 Å². The van der Waals surface area contributed by atoms with Crippen molar-refractivity contribution in [2.75, 3.05) is 0 Å². The lowest BCUT2D eigenvalue weighted by atomic mass is 10.4. The first-order chi connectivity index (χ1) is 3.39. The maximum atomic E-state index is 11.9. The average Bonchev–Trinajstić information content (AvgIpc) is 1.69. The minimum absolute atomic E-state index is 0. The fraction of sp³-hybridized carbons (Fsp3) is 0. The van der Waals surface area contributed by atoms with Gasteiger partial charge in [-0.3, -0.25) is 0 Å². The highest BCUT2D eigenvalue weighted by atomic mass is 127. The summed E-state index contributed by atoms with van der Waals surface area (Å²) in [5.74, 6) is -0.178. The van der Waals surface area contributed by atoms with Crippen LogP contribution in [0.1, 0.15) is 0 Å². The molecule has 4 heteroatoms. The van der Waals surface area contributed by atoms with Crippen LogP contribution in [0.5, 0.6) is 0 Å². The molecule has 1 rings (SSSR count). The Hall–Kier alpha value is 1.34. The van der Waals surface area contributed by atoms with Gasteiger partial charge in [-0.1, -0.05) is 18.2 Å². The van der Waals surface area contributed by atoms with Gasteiger partial charge in [-0.25, -0.2) is 4.39 Å². The highest BCUT2D eigenvalue weighted by Gasteiger charge is 1.77. The van der Waals surface area contributed by atoms with Crippen molar-refractivity contribution in [3.63, 3.8) is 0 Å². The van der Waals surface area contributed by atoms with E-state index in [9.17, 15) is 4.39 Å². The van der Waals surface area contributed by atoms with E-state index in [2.05, 4.69) is 0 Å². The molecule has 0 aliphatic heterocycles. The smallest absolute Gasteiger partial charge is 0.123 e. The summed E-state index contributed by atoms with van der Waals surface area (Å²) in [5.41, 5.74) is 0. The molecule has 0 spiro atoms. The van der Waals surface area contributed by atoms with E-state index in [1.165, 1.54) is 12.1 Å². The summed E-state index contributed by atoms with van der Waals surface area (Å²) in [6.07, 6.45) is 0. The Kier molecular flexibility index (Phi) is 18.0. The molecule has 1 aromatic carbocycles. The minimum Gasteiger partial charge on any atom is -0.207 e. The lowest BCUT2D eigenvalue weighted by Gasteiger charge is -1.78. The van der Waals surface area contributed by atoms with Crippen LogP contribution in [0.4, 0.5) is 4.39 Å². The molecule has 10 heavy (non-hydrogen) atoms. The van der Waals surface area contributed by atoms with Crippen LogP contribution in [-0.2, 0) is 0 Å². The molecule has 0 bridgehead atoms. The Morgan fingerprint density at radius 2 is 1.20 bits per heavy atom. The Bertz CT molecular complexity index is 143. The lowest BCUT2D eigenvalue weighted by molar-refractivity contribution is 0.628. The SMILES string of the molecule is Fc1ccccc1.I.I.I. The molecule has 0 aliphatic carbocycles. The second-order valence-corrected chi connectivity index (χ2v) is 1.30. The van der Waals surface area contributed by atoms with Gasteiger partial charge in [0.15, 0.2) is 0 Å². The third kappa shape index (κ3) is 7.45.